The second-order valence-electron chi connectivity index (χ2n) is 2.97. The Bertz CT molecular complexity index is 354. The maximum absolute atomic E-state index is 13.0. The quantitative estimate of drug-likeness (QED) is 0.758. The van der Waals surface area contributed by atoms with Crippen molar-refractivity contribution in [3.8, 4) is 0 Å². The summed E-state index contributed by atoms with van der Waals surface area (Å²) in [6.45, 7) is 0.816. The number of aliphatic carboxylic acids is 1. The minimum absolute atomic E-state index is 0.816. The van der Waals surface area contributed by atoms with Crippen LogP contribution in [-0.2, 0) is 10.4 Å². The zero-order chi connectivity index (χ0) is 10.9. The van der Waals surface area contributed by atoms with Gasteiger partial charge in [-0.1, -0.05) is 6.07 Å². The van der Waals surface area contributed by atoms with Gasteiger partial charge in [-0.15, -0.1) is 0 Å². The third kappa shape index (κ3) is 1.58. The molecule has 0 fully saturated rings. The number of hydrogen-bond donors (Lipinski definition) is 2. The first kappa shape index (κ1) is 10.6. The van der Waals surface area contributed by atoms with Gasteiger partial charge < -0.3 is 10.2 Å². The molecule has 0 aliphatic carbocycles. The lowest BCUT2D eigenvalue weighted by atomic mass is 9.95. The molecule has 0 bridgehead atoms. The molecule has 3 nitrogen and oxygen atoms in total. The Kier molecular flexibility index (Phi) is 2.53. The van der Waals surface area contributed by atoms with E-state index in [1.54, 1.807) is 0 Å². The summed E-state index contributed by atoms with van der Waals surface area (Å²) in [6, 6.07) is 2.86. The van der Waals surface area contributed by atoms with Gasteiger partial charge in [-0.3, -0.25) is 0 Å². The highest BCUT2D eigenvalue weighted by molar-refractivity contribution is 5.78. The number of carbonyl (C=O) groups is 1. The van der Waals surface area contributed by atoms with Crippen molar-refractivity contribution in [2.24, 2.45) is 0 Å². The minimum Gasteiger partial charge on any atom is -0.479 e. The molecule has 1 aromatic rings. The van der Waals surface area contributed by atoms with Crippen LogP contribution < -0.4 is 0 Å². The van der Waals surface area contributed by atoms with E-state index < -0.39 is 28.8 Å². The number of benzene rings is 1. The molecule has 1 aromatic carbocycles. The van der Waals surface area contributed by atoms with Crippen LogP contribution in [0.15, 0.2) is 18.2 Å². The lowest BCUT2D eigenvalue weighted by Crippen LogP contribution is -2.34. The van der Waals surface area contributed by atoms with E-state index in [1.807, 2.05) is 0 Å². The fraction of sp³-hybridized carbons (Fsp3) is 0.222. The predicted molar refractivity (Wildman–Crippen MR) is 43.6 cm³/mol. The topological polar surface area (TPSA) is 57.5 Å². The maximum atomic E-state index is 13.0. The second-order valence-corrected chi connectivity index (χ2v) is 2.97. The molecule has 1 unspecified atom stereocenters. The summed E-state index contributed by atoms with van der Waals surface area (Å²) in [7, 11) is 0. The molecule has 0 spiro atoms. The largest absolute Gasteiger partial charge is 0.479 e. The molecule has 0 heterocycles. The van der Waals surface area contributed by atoms with E-state index in [-0.39, 0.29) is 0 Å². The molecule has 0 saturated heterocycles. The van der Waals surface area contributed by atoms with Gasteiger partial charge in [0.05, 0.1) is 5.56 Å². The van der Waals surface area contributed by atoms with Gasteiger partial charge in [0.15, 0.2) is 5.60 Å². The van der Waals surface area contributed by atoms with Gasteiger partial charge in [-0.25, -0.2) is 13.6 Å². The van der Waals surface area contributed by atoms with E-state index in [4.69, 9.17) is 5.11 Å². The molecule has 2 N–H and O–H groups in total. The fourth-order valence-corrected chi connectivity index (χ4v) is 1.07. The van der Waals surface area contributed by atoms with Crippen LogP contribution in [-0.4, -0.2) is 16.2 Å². The number of halogens is 2. The molecule has 0 aliphatic rings. The molecule has 0 amide bonds. The number of hydrogen-bond acceptors (Lipinski definition) is 2. The van der Waals surface area contributed by atoms with Crippen molar-refractivity contribution in [2.45, 2.75) is 12.5 Å². The highest BCUT2D eigenvalue weighted by Crippen LogP contribution is 2.26. The molecule has 5 heteroatoms. The van der Waals surface area contributed by atoms with Crippen molar-refractivity contribution in [1.82, 2.24) is 0 Å². The van der Waals surface area contributed by atoms with Gasteiger partial charge in [0.25, 0.3) is 0 Å². The molecule has 0 radical (unpaired) electrons. The average Bonchev–Trinajstić information content (AvgIpc) is 2.02. The lowest BCUT2D eigenvalue weighted by molar-refractivity contribution is -0.158. The third-order valence-corrected chi connectivity index (χ3v) is 1.87. The molecule has 0 saturated carbocycles. The fourth-order valence-electron chi connectivity index (χ4n) is 1.07. The molecular weight excluding hydrogens is 194 g/mol. The van der Waals surface area contributed by atoms with E-state index in [0.29, 0.717) is 0 Å². The van der Waals surface area contributed by atoms with Crippen LogP contribution in [0, 0.1) is 11.6 Å². The summed E-state index contributed by atoms with van der Waals surface area (Å²) in [4.78, 5) is 10.5. The zero-order valence-electron chi connectivity index (χ0n) is 7.29. The third-order valence-electron chi connectivity index (χ3n) is 1.87. The minimum atomic E-state index is -2.56. The molecule has 0 aromatic heterocycles. The second kappa shape index (κ2) is 3.34. The SMILES string of the molecule is CC(O)(C(=O)O)c1c(F)cccc1F. The van der Waals surface area contributed by atoms with E-state index in [2.05, 4.69) is 0 Å². The van der Waals surface area contributed by atoms with Crippen molar-refractivity contribution >= 4 is 5.97 Å². The van der Waals surface area contributed by atoms with Gasteiger partial charge in [0.2, 0.25) is 0 Å². The Hall–Kier alpha value is -1.49. The van der Waals surface area contributed by atoms with Crippen LogP contribution >= 0.6 is 0 Å². The van der Waals surface area contributed by atoms with E-state index >= 15 is 0 Å². The summed E-state index contributed by atoms with van der Waals surface area (Å²) >= 11 is 0. The van der Waals surface area contributed by atoms with Gasteiger partial charge in [-0.05, 0) is 19.1 Å². The summed E-state index contributed by atoms with van der Waals surface area (Å²) in [5, 5.41) is 17.9. The normalized spacial score (nSPS) is 14.9. The molecular formula is C9H8F2O3. The van der Waals surface area contributed by atoms with Crippen LogP contribution in [0.5, 0.6) is 0 Å². The summed E-state index contributed by atoms with van der Waals surface area (Å²) in [5.74, 6) is -3.88. The summed E-state index contributed by atoms with van der Waals surface area (Å²) in [5.41, 5.74) is -3.41. The van der Waals surface area contributed by atoms with Gasteiger partial charge in [-0.2, -0.15) is 0 Å². The van der Waals surface area contributed by atoms with Crippen molar-refractivity contribution in [2.75, 3.05) is 0 Å². The van der Waals surface area contributed by atoms with Crippen LogP contribution in [0.25, 0.3) is 0 Å². The predicted octanol–water partition coefficient (Wildman–Crippen LogP) is 1.26. The van der Waals surface area contributed by atoms with Crippen molar-refractivity contribution in [1.29, 1.82) is 0 Å². The standard InChI is InChI=1S/C9H8F2O3/c1-9(14,8(12)13)7-5(10)3-2-4-6(7)11/h2-4,14H,1H3,(H,12,13). The molecule has 1 atom stereocenters. The Balaban J connectivity index is 3.38. The molecule has 1 rings (SSSR count). The Labute approximate surface area is 78.6 Å². The summed E-state index contributed by atoms with van der Waals surface area (Å²) in [6.07, 6.45) is 0. The van der Waals surface area contributed by atoms with Crippen molar-refractivity contribution < 1.29 is 23.8 Å². The van der Waals surface area contributed by atoms with E-state index in [1.165, 1.54) is 0 Å². The Morgan fingerprint density at radius 1 is 1.36 bits per heavy atom. The first-order valence-electron chi connectivity index (χ1n) is 3.77. The van der Waals surface area contributed by atoms with Crippen LogP contribution in [0.1, 0.15) is 12.5 Å². The number of carboxylic acid groups (broad SMARTS) is 1. The van der Waals surface area contributed by atoms with Crippen LogP contribution in [0.4, 0.5) is 8.78 Å². The Morgan fingerprint density at radius 2 is 1.79 bits per heavy atom. The zero-order valence-corrected chi connectivity index (χ0v) is 7.29. The van der Waals surface area contributed by atoms with Gasteiger partial charge in [0, 0.05) is 0 Å². The van der Waals surface area contributed by atoms with E-state index in [9.17, 15) is 18.7 Å². The lowest BCUT2D eigenvalue weighted by Gasteiger charge is -2.19. The van der Waals surface area contributed by atoms with Crippen LogP contribution in [0.2, 0.25) is 0 Å². The monoisotopic (exact) mass is 202 g/mol. The first-order chi connectivity index (χ1) is 6.37. The Morgan fingerprint density at radius 3 is 2.14 bits per heavy atom. The number of rotatable bonds is 2. The van der Waals surface area contributed by atoms with Crippen LogP contribution in [0.3, 0.4) is 0 Å². The molecule has 76 valence electrons. The molecule has 14 heavy (non-hydrogen) atoms. The number of aliphatic hydroxyl groups is 1. The van der Waals surface area contributed by atoms with Crippen molar-refractivity contribution in [3.05, 3.63) is 35.4 Å². The smallest absolute Gasteiger partial charge is 0.340 e. The van der Waals surface area contributed by atoms with E-state index in [0.717, 1.165) is 25.1 Å². The highest BCUT2D eigenvalue weighted by atomic mass is 19.1. The van der Waals surface area contributed by atoms with Crippen molar-refractivity contribution in [3.63, 3.8) is 0 Å². The molecule has 0 aliphatic heterocycles. The average molecular weight is 202 g/mol. The van der Waals surface area contributed by atoms with Gasteiger partial charge in [0.1, 0.15) is 11.6 Å². The first-order valence-corrected chi connectivity index (χ1v) is 3.77. The number of carboxylic acids is 1. The summed E-state index contributed by atoms with van der Waals surface area (Å²) < 4.78 is 26.1. The maximum Gasteiger partial charge on any atom is 0.340 e. The highest BCUT2D eigenvalue weighted by Gasteiger charge is 2.37. The van der Waals surface area contributed by atoms with Gasteiger partial charge >= 0.3 is 5.97 Å².